The smallest absolute Gasteiger partial charge is 0.238 e. The second-order valence-corrected chi connectivity index (χ2v) is 6.89. The highest BCUT2D eigenvalue weighted by Gasteiger charge is 2.26. The maximum atomic E-state index is 12.3. The molecular formula is C17H26ClN3O. The number of aryl methyl sites for hydroxylation is 2. The molecule has 0 saturated carbocycles. The van der Waals surface area contributed by atoms with Crippen LogP contribution in [0, 0.1) is 25.7 Å². The van der Waals surface area contributed by atoms with Gasteiger partial charge in [0.25, 0.3) is 0 Å². The van der Waals surface area contributed by atoms with Crippen LogP contribution < -0.4 is 11.1 Å². The molecule has 1 aromatic rings. The fraction of sp³-hybridized carbons (Fsp3) is 0.588. The van der Waals surface area contributed by atoms with Gasteiger partial charge in [-0.2, -0.15) is 0 Å². The molecule has 4 nitrogen and oxygen atoms in total. The molecule has 1 fully saturated rings. The number of piperidine rings is 1. The van der Waals surface area contributed by atoms with Gasteiger partial charge in [0.2, 0.25) is 5.91 Å². The largest absolute Gasteiger partial charge is 0.330 e. The van der Waals surface area contributed by atoms with Crippen molar-refractivity contribution in [3.05, 3.63) is 28.3 Å². The van der Waals surface area contributed by atoms with E-state index in [2.05, 4.69) is 17.1 Å². The molecule has 0 radical (unpaired) electrons. The lowest BCUT2D eigenvalue weighted by atomic mass is 9.87. The van der Waals surface area contributed by atoms with E-state index < -0.39 is 0 Å². The Kier molecular flexibility index (Phi) is 5.84. The molecule has 2 atom stereocenters. The third kappa shape index (κ3) is 4.22. The Morgan fingerprint density at radius 2 is 2.18 bits per heavy atom. The van der Waals surface area contributed by atoms with Gasteiger partial charge in [-0.25, -0.2) is 0 Å². The topological polar surface area (TPSA) is 58.4 Å². The molecule has 0 spiro atoms. The Morgan fingerprint density at radius 1 is 1.45 bits per heavy atom. The Hall–Kier alpha value is -1.10. The summed E-state index contributed by atoms with van der Waals surface area (Å²) in [6.45, 7) is 9.12. The van der Waals surface area contributed by atoms with Crippen LogP contribution in [0.5, 0.6) is 0 Å². The molecule has 0 aliphatic carbocycles. The zero-order valence-electron chi connectivity index (χ0n) is 13.7. The second kappa shape index (κ2) is 7.44. The minimum absolute atomic E-state index is 0.0147. The van der Waals surface area contributed by atoms with Crippen molar-refractivity contribution in [1.29, 1.82) is 0 Å². The molecule has 1 heterocycles. The number of hydrogen-bond acceptors (Lipinski definition) is 3. The van der Waals surface area contributed by atoms with Gasteiger partial charge in [0.15, 0.2) is 0 Å². The summed E-state index contributed by atoms with van der Waals surface area (Å²) in [7, 11) is 0. The van der Waals surface area contributed by atoms with E-state index in [4.69, 9.17) is 17.3 Å². The van der Waals surface area contributed by atoms with E-state index in [0.29, 0.717) is 29.9 Å². The molecule has 1 aromatic carbocycles. The Labute approximate surface area is 138 Å². The number of benzene rings is 1. The van der Waals surface area contributed by atoms with Crippen molar-refractivity contribution in [3.8, 4) is 0 Å². The van der Waals surface area contributed by atoms with E-state index in [9.17, 15) is 4.79 Å². The first kappa shape index (κ1) is 17.3. The number of amides is 1. The van der Waals surface area contributed by atoms with Crippen molar-refractivity contribution in [2.75, 3.05) is 31.5 Å². The first-order chi connectivity index (χ1) is 10.4. The molecule has 1 amide bonds. The highest BCUT2D eigenvalue weighted by atomic mass is 35.5. The Morgan fingerprint density at radius 3 is 2.82 bits per heavy atom. The first-order valence-corrected chi connectivity index (χ1v) is 8.27. The van der Waals surface area contributed by atoms with Crippen LogP contribution in [0.2, 0.25) is 5.02 Å². The van der Waals surface area contributed by atoms with Crippen molar-refractivity contribution in [1.82, 2.24) is 4.90 Å². The zero-order chi connectivity index (χ0) is 16.3. The van der Waals surface area contributed by atoms with E-state index in [0.717, 1.165) is 36.3 Å². The average molecular weight is 324 g/mol. The summed E-state index contributed by atoms with van der Waals surface area (Å²) in [5, 5.41) is 3.55. The van der Waals surface area contributed by atoms with Crippen LogP contribution in [0.4, 0.5) is 5.69 Å². The second-order valence-electron chi connectivity index (χ2n) is 6.48. The summed E-state index contributed by atoms with van der Waals surface area (Å²) >= 11 is 6.24. The predicted octanol–water partition coefficient (Wildman–Crippen LogP) is 2.81. The number of nitrogens with zero attached hydrogens (tertiary/aromatic N) is 1. The summed E-state index contributed by atoms with van der Waals surface area (Å²) < 4.78 is 0. The van der Waals surface area contributed by atoms with Crippen LogP contribution in [0.1, 0.15) is 24.5 Å². The molecule has 3 N–H and O–H groups in total. The van der Waals surface area contributed by atoms with Gasteiger partial charge in [-0.15, -0.1) is 0 Å². The van der Waals surface area contributed by atoms with Crippen LogP contribution in [-0.2, 0) is 4.79 Å². The SMILES string of the molecule is Cc1cc(C)c(NC(=O)CN2CCC(C)C(CN)C2)c(Cl)c1. The molecule has 0 bridgehead atoms. The molecule has 122 valence electrons. The lowest BCUT2D eigenvalue weighted by Crippen LogP contribution is -2.45. The summed E-state index contributed by atoms with van der Waals surface area (Å²) in [6, 6.07) is 3.89. The minimum Gasteiger partial charge on any atom is -0.330 e. The summed E-state index contributed by atoms with van der Waals surface area (Å²) in [4.78, 5) is 14.5. The van der Waals surface area contributed by atoms with Gasteiger partial charge in [-0.05, 0) is 62.4 Å². The maximum Gasteiger partial charge on any atom is 0.238 e. The van der Waals surface area contributed by atoms with Crippen molar-refractivity contribution < 1.29 is 4.79 Å². The third-order valence-electron chi connectivity index (χ3n) is 4.56. The fourth-order valence-corrected chi connectivity index (χ4v) is 3.50. The van der Waals surface area contributed by atoms with Crippen LogP contribution in [0.15, 0.2) is 12.1 Å². The van der Waals surface area contributed by atoms with Gasteiger partial charge in [-0.3, -0.25) is 9.69 Å². The number of halogens is 1. The van der Waals surface area contributed by atoms with Crippen LogP contribution >= 0.6 is 11.6 Å². The van der Waals surface area contributed by atoms with Gasteiger partial charge in [0.1, 0.15) is 0 Å². The van der Waals surface area contributed by atoms with Crippen LogP contribution in [0.25, 0.3) is 0 Å². The zero-order valence-corrected chi connectivity index (χ0v) is 14.4. The van der Waals surface area contributed by atoms with Crippen molar-refractivity contribution in [3.63, 3.8) is 0 Å². The minimum atomic E-state index is -0.0147. The quantitative estimate of drug-likeness (QED) is 0.895. The summed E-state index contributed by atoms with van der Waals surface area (Å²) in [5.41, 5.74) is 8.62. The van der Waals surface area contributed by atoms with Gasteiger partial charge in [0.05, 0.1) is 17.3 Å². The summed E-state index contributed by atoms with van der Waals surface area (Å²) in [6.07, 6.45) is 1.10. The summed E-state index contributed by atoms with van der Waals surface area (Å²) in [5.74, 6) is 1.10. The lowest BCUT2D eigenvalue weighted by Gasteiger charge is -2.36. The van der Waals surface area contributed by atoms with E-state index >= 15 is 0 Å². The van der Waals surface area contributed by atoms with E-state index in [1.165, 1.54) is 0 Å². The van der Waals surface area contributed by atoms with Crippen molar-refractivity contribution in [2.45, 2.75) is 27.2 Å². The number of likely N-dealkylation sites (tertiary alicyclic amines) is 1. The van der Waals surface area contributed by atoms with Gasteiger partial charge < -0.3 is 11.1 Å². The number of carbonyl (C=O) groups excluding carboxylic acids is 1. The molecule has 1 aliphatic rings. The molecule has 22 heavy (non-hydrogen) atoms. The van der Waals surface area contributed by atoms with Gasteiger partial charge in [-0.1, -0.05) is 24.6 Å². The molecule has 1 saturated heterocycles. The Balaban J connectivity index is 1.96. The highest BCUT2D eigenvalue weighted by molar-refractivity contribution is 6.34. The Bertz CT molecular complexity index is 524. The molecular weight excluding hydrogens is 298 g/mol. The lowest BCUT2D eigenvalue weighted by molar-refractivity contribution is -0.117. The van der Waals surface area contributed by atoms with Crippen LogP contribution in [-0.4, -0.2) is 37.0 Å². The molecule has 5 heteroatoms. The van der Waals surface area contributed by atoms with E-state index in [1.54, 1.807) is 0 Å². The van der Waals surface area contributed by atoms with E-state index in [-0.39, 0.29) is 5.91 Å². The number of nitrogens with two attached hydrogens (primary N) is 1. The maximum absolute atomic E-state index is 12.3. The fourth-order valence-electron chi connectivity index (χ4n) is 3.13. The molecule has 2 rings (SSSR count). The third-order valence-corrected chi connectivity index (χ3v) is 4.86. The van der Waals surface area contributed by atoms with Gasteiger partial charge >= 0.3 is 0 Å². The number of nitrogens with one attached hydrogen (secondary N) is 1. The number of hydrogen-bond donors (Lipinski definition) is 2. The van der Waals surface area contributed by atoms with Crippen LogP contribution in [0.3, 0.4) is 0 Å². The van der Waals surface area contributed by atoms with Crippen molar-refractivity contribution in [2.24, 2.45) is 17.6 Å². The van der Waals surface area contributed by atoms with Crippen molar-refractivity contribution >= 4 is 23.2 Å². The standard InChI is InChI=1S/C17H26ClN3O/c1-11-6-13(3)17(15(18)7-11)20-16(22)10-21-5-4-12(2)14(8-19)9-21/h6-7,12,14H,4-5,8-10,19H2,1-3H3,(H,20,22). The first-order valence-electron chi connectivity index (χ1n) is 7.89. The monoisotopic (exact) mass is 323 g/mol. The number of anilines is 1. The number of carbonyl (C=O) groups is 1. The highest BCUT2D eigenvalue weighted by Crippen LogP contribution is 2.27. The predicted molar refractivity (Wildman–Crippen MR) is 92.3 cm³/mol. The molecule has 0 aromatic heterocycles. The number of rotatable bonds is 4. The van der Waals surface area contributed by atoms with Gasteiger partial charge in [0, 0.05) is 6.54 Å². The van der Waals surface area contributed by atoms with E-state index in [1.807, 2.05) is 26.0 Å². The normalized spacial score (nSPS) is 22.6. The molecule has 2 unspecified atom stereocenters. The molecule has 1 aliphatic heterocycles. The average Bonchev–Trinajstić information content (AvgIpc) is 2.45.